The number of nitrogens with one attached hydrogen (secondary N) is 1. The Kier molecular flexibility index (Phi) is 5.65. The first-order valence-electron chi connectivity index (χ1n) is 5.54. The number of rotatable bonds is 5. The van der Waals surface area contributed by atoms with Gasteiger partial charge in [-0.15, -0.1) is 0 Å². The molecule has 98 valence electrons. The second-order valence-corrected chi connectivity index (χ2v) is 3.99. The van der Waals surface area contributed by atoms with Gasteiger partial charge in [0.1, 0.15) is 5.82 Å². The maximum Gasteiger partial charge on any atom is 0.333 e. The summed E-state index contributed by atoms with van der Waals surface area (Å²) in [5.41, 5.74) is 1.21. The van der Waals surface area contributed by atoms with Crippen LogP contribution >= 0.6 is 11.6 Å². The Bertz CT molecular complexity index is 460. The van der Waals surface area contributed by atoms with Crippen LogP contribution in [-0.4, -0.2) is 19.6 Å². The smallest absolute Gasteiger partial charge is 0.333 e. The van der Waals surface area contributed by atoms with Crippen LogP contribution in [-0.2, 0) is 9.53 Å². The van der Waals surface area contributed by atoms with E-state index in [0.29, 0.717) is 29.2 Å². The van der Waals surface area contributed by atoms with Crippen molar-refractivity contribution >= 4 is 23.3 Å². The third-order valence-electron chi connectivity index (χ3n) is 2.40. The van der Waals surface area contributed by atoms with Crippen molar-refractivity contribution in [2.24, 2.45) is 0 Å². The third kappa shape index (κ3) is 4.04. The van der Waals surface area contributed by atoms with Gasteiger partial charge in [0.05, 0.1) is 17.8 Å². The molecule has 0 fully saturated rings. The second kappa shape index (κ2) is 7.01. The summed E-state index contributed by atoms with van der Waals surface area (Å²) in [5.74, 6) is -0.727. The van der Waals surface area contributed by atoms with Gasteiger partial charge in [0, 0.05) is 12.1 Å². The lowest BCUT2D eigenvalue weighted by Crippen LogP contribution is -2.07. The summed E-state index contributed by atoms with van der Waals surface area (Å²) in [4.78, 5) is 11.3. The number of ether oxygens (including phenoxy) is 1. The lowest BCUT2D eigenvalue weighted by atomic mass is 10.2. The van der Waals surface area contributed by atoms with Crippen molar-refractivity contribution in [3.63, 3.8) is 0 Å². The SMILES string of the molecule is CC/C(=C/CNc1ccc(F)cc1Cl)C(=O)OC. The fourth-order valence-electron chi connectivity index (χ4n) is 1.42. The van der Waals surface area contributed by atoms with Crippen molar-refractivity contribution < 1.29 is 13.9 Å². The summed E-state index contributed by atoms with van der Waals surface area (Å²) >= 11 is 5.85. The highest BCUT2D eigenvalue weighted by atomic mass is 35.5. The van der Waals surface area contributed by atoms with Crippen molar-refractivity contribution in [3.8, 4) is 0 Å². The van der Waals surface area contributed by atoms with Crippen molar-refractivity contribution in [3.05, 3.63) is 40.7 Å². The van der Waals surface area contributed by atoms with Crippen LogP contribution in [0.3, 0.4) is 0 Å². The van der Waals surface area contributed by atoms with E-state index in [2.05, 4.69) is 10.1 Å². The zero-order chi connectivity index (χ0) is 13.5. The lowest BCUT2D eigenvalue weighted by Gasteiger charge is -2.07. The first kappa shape index (κ1) is 14.5. The van der Waals surface area contributed by atoms with Gasteiger partial charge in [-0.25, -0.2) is 9.18 Å². The summed E-state index contributed by atoms with van der Waals surface area (Å²) in [5, 5.41) is 3.31. The normalized spacial score (nSPS) is 11.2. The van der Waals surface area contributed by atoms with Gasteiger partial charge < -0.3 is 10.1 Å². The molecule has 0 aliphatic carbocycles. The summed E-state index contributed by atoms with van der Waals surface area (Å²) in [6.07, 6.45) is 2.32. The van der Waals surface area contributed by atoms with Gasteiger partial charge in [0.2, 0.25) is 0 Å². The fraction of sp³-hybridized carbons (Fsp3) is 0.308. The molecule has 0 bridgehead atoms. The Morgan fingerprint density at radius 1 is 1.56 bits per heavy atom. The van der Waals surface area contributed by atoms with Crippen LogP contribution in [0.2, 0.25) is 5.02 Å². The number of esters is 1. The van der Waals surface area contributed by atoms with E-state index < -0.39 is 0 Å². The average molecular weight is 272 g/mol. The van der Waals surface area contributed by atoms with E-state index in [1.165, 1.54) is 19.2 Å². The molecule has 1 N–H and O–H groups in total. The lowest BCUT2D eigenvalue weighted by molar-refractivity contribution is -0.136. The van der Waals surface area contributed by atoms with Crippen molar-refractivity contribution in [2.45, 2.75) is 13.3 Å². The minimum absolute atomic E-state index is 0.305. The van der Waals surface area contributed by atoms with Crippen molar-refractivity contribution in [2.75, 3.05) is 19.0 Å². The summed E-state index contributed by atoms with van der Waals surface area (Å²) in [6, 6.07) is 4.10. The molecule has 18 heavy (non-hydrogen) atoms. The highest BCUT2D eigenvalue weighted by molar-refractivity contribution is 6.33. The maximum absolute atomic E-state index is 12.8. The fourth-order valence-corrected chi connectivity index (χ4v) is 1.65. The van der Waals surface area contributed by atoms with Gasteiger partial charge in [-0.05, 0) is 24.6 Å². The molecule has 1 rings (SSSR count). The monoisotopic (exact) mass is 271 g/mol. The molecule has 0 unspecified atom stereocenters. The molecule has 0 saturated heterocycles. The van der Waals surface area contributed by atoms with Crippen LogP contribution in [0.4, 0.5) is 10.1 Å². The predicted octanol–water partition coefficient (Wildman–Crippen LogP) is 3.40. The number of anilines is 1. The molecule has 1 aromatic carbocycles. The predicted molar refractivity (Wildman–Crippen MR) is 70.3 cm³/mol. The number of carbonyl (C=O) groups excluding carboxylic acids is 1. The summed E-state index contributed by atoms with van der Waals surface area (Å²) in [7, 11) is 1.34. The number of carbonyl (C=O) groups is 1. The molecule has 0 aliphatic rings. The average Bonchev–Trinajstić information content (AvgIpc) is 2.36. The molecule has 0 aliphatic heterocycles. The van der Waals surface area contributed by atoms with E-state index >= 15 is 0 Å². The van der Waals surface area contributed by atoms with E-state index in [4.69, 9.17) is 11.6 Å². The highest BCUT2D eigenvalue weighted by Crippen LogP contribution is 2.22. The molecule has 1 aromatic rings. The maximum atomic E-state index is 12.8. The van der Waals surface area contributed by atoms with Gasteiger partial charge in [0.15, 0.2) is 0 Å². The highest BCUT2D eigenvalue weighted by Gasteiger charge is 2.06. The van der Waals surface area contributed by atoms with Crippen LogP contribution in [0.25, 0.3) is 0 Å². The van der Waals surface area contributed by atoms with E-state index in [0.717, 1.165) is 0 Å². The molecular formula is C13H15ClFNO2. The first-order chi connectivity index (χ1) is 8.58. The summed E-state index contributed by atoms with van der Waals surface area (Å²) < 4.78 is 17.5. The zero-order valence-corrected chi connectivity index (χ0v) is 11.1. The van der Waals surface area contributed by atoms with Gasteiger partial charge in [-0.1, -0.05) is 24.6 Å². The van der Waals surface area contributed by atoms with Crippen LogP contribution in [0.15, 0.2) is 29.8 Å². The van der Waals surface area contributed by atoms with Crippen molar-refractivity contribution in [1.29, 1.82) is 0 Å². The zero-order valence-electron chi connectivity index (χ0n) is 10.3. The summed E-state index contributed by atoms with van der Waals surface area (Å²) in [6.45, 7) is 2.29. The van der Waals surface area contributed by atoms with E-state index in [1.54, 1.807) is 12.1 Å². The molecular weight excluding hydrogens is 257 g/mol. The van der Waals surface area contributed by atoms with Crippen LogP contribution in [0.1, 0.15) is 13.3 Å². The van der Waals surface area contributed by atoms with E-state index in [-0.39, 0.29) is 11.8 Å². The third-order valence-corrected chi connectivity index (χ3v) is 2.71. The second-order valence-electron chi connectivity index (χ2n) is 3.58. The van der Waals surface area contributed by atoms with Crippen LogP contribution in [0, 0.1) is 5.82 Å². The Hall–Kier alpha value is -1.55. The molecule has 0 amide bonds. The molecule has 5 heteroatoms. The molecule has 0 atom stereocenters. The van der Waals surface area contributed by atoms with Gasteiger partial charge in [-0.3, -0.25) is 0 Å². The number of hydrogen-bond acceptors (Lipinski definition) is 3. The minimum Gasteiger partial charge on any atom is -0.466 e. The number of benzene rings is 1. The number of halogens is 2. The molecule has 0 heterocycles. The Labute approximate surface area is 111 Å². The van der Waals surface area contributed by atoms with E-state index in [1.807, 2.05) is 6.92 Å². The van der Waals surface area contributed by atoms with Crippen LogP contribution in [0.5, 0.6) is 0 Å². The standard InChI is InChI=1S/C13H15ClFNO2/c1-3-9(13(17)18-2)6-7-16-12-5-4-10(15)8-11(12)14/h4-6,8,16H,3,7H2,1-2H3/b9-6-. The first-order valence-corrected chi connectivity index (χ1v) is 5.92. The van der Waals surface area contributed by atoms with Gasteiger partial charge in [0.25, 0.3) is 0 Å². The molecule has 0 aromatic heterocycles. The topological polar surface area (TPSA) is 38.3 Å². The molecule has 0 spiro atoms. The van der Waals surface area contributed by atoms with Gasteiger partial charge in [-0.2, -0.15) is 0 Å². The van der Waals surface area contributed by atoms with E-state index in [9.17, 15) is 9.18 Å². The largest absolute Gasteiger partial charge is 0.466 e. The molecule has 0 radical (unpaired) electrons. The Morgan fingerprint density at radius 2 is 2.28 bits per heavy atom. The van der Waals surface area contributed by atoms with Crippen LogP contribution < -0.4 is 5.32 Å². The number of methoxy groups -OCH3 is 1. The van der Waals surface area contributed by atoms with Gasteiger partial charge >= 0.3 is 5.97 Å². The quantitative estimate of drug-likeness (QED) is 0.659. The molecule has 0 saturated carbocycles. The Balaban J connectivity index is 2.65. The minimum atomic E-state index is -0.384. The van der Waals surface area contributed by atoms with Crippen molar-refractivity contribution in [1.82, 2.24) is 0 Å². The number of hydrogen-bond donors (Lipinski definition) is 1. The molecule has 3 nitrogen and oxygen atoms in total. The Morgan fingerprint density at radius 3 is 2.83 bits per heavy atom.